The third kappa shape index (κ3) is 2.27. The van der Waals surface area contributed by atoms with Gasteiger partial charge in [-0.3, -0.25) is 0 Å². The van der Waals surface area contributed by atoms with Gasteiger partial charge in [-0.25, -0.2) is 0 Å². The number of rotatable bonds is 3. The summed E-state index contributed by atoms with van der Waals surface area (Å²) in [6, 6.07) is 5.70. The minimum atomic E-state index is -0.558. The van der Waals surface area contributed by atoms with Crippen LogP contribution in [0.3, 0.4) is 0 Å². The number of benzene rings is 1. The molecule has 1 aromatic rings. The van der Waals surface area contributed by atoms with E-state index in [1.165, 1.54) is 0 Å². The minimum absolute atomic E-state index is 0.0671. The van der Waals surface area contributed by atoms with Gasteiger partial charge in [0.05, 0.1) is 0 Å². The minimum Gasteiger partial charge on any atom is -0.396 e. The van der Waals surface area contributed by atoms with Crippen LogP contribution < -0.4 is 5.73 Å². The molecule has 0 aliphatic heterocycles. The zero-order valence-corrected chi connectivity index (χ0v) is 9.30. The Morgan fingerprint density at radius 3 is 2.64 bits per heavy atom. The summed E-state index contributed by atoms with van der Waals surface area (Å²) in [4.78, 5) is 0. The van der Waals surface area contributed by atoms with Gasteiger partial charge in [-0.1, -0.05) is 23.7 Å². The highest BCUT2D eigenvalue weighted by atomic mass is 35.5. The van der Waals surface area contributed by atoms with E-state index in [9.17, 15) is 0 Å². The lowest BCUT2D eigenvalue weighted by Gasteiger charge is -2.27. The van der Waals surface area contributed by atoms with Gasteiger partial charge in [0.2, 0.25) is 0 Å². The second-order valence-corrected chi connectivity index (χ2v) is 4.23. The van der Waals surface area contributed by atoms with Crippen LogP contribution >= 0.6 is 11.6 Å². The van der Waals surface area contributed by atoms with E-state index in [4.69, 9.17) is 22.4 Å². The highest BCUT2D eigenvalue weighted by Gasteiger charge is 2.24. The summed E-state index contributed by atoms with van der Waals surface area (Å²) >= 11 is 6.09. The number of aliphatic hydroxyl groups excluding tert-OH is 1. The van der Waals surface area contributed by atoms with Gasteiger partial charge in [0.25, 0.3) is 0 Å². The predicted octanol–water partition coefficient (Wildman–Crippen LogP) is 2.20. The SMILES string of the molecule is Cc1cccc(Cl)c1[C@@](C)(N)CCO. The zero-order chi connectivity index (χ0) is 10.8. The summed E-state index contributed by atoms with van der Waals surface area (Å²) in [5.74, 6) is 0. The molecule has 0 saturated carbocycles. The van der Waals surface area contributed by atoms with Crippen LogP contribution in [0, 0.1) is 6.92 Å². The van der Waals surface area contributed by atoms with Crippen molar-refractivity contribution in [2.45, 2.75) is 25.8 Å². The molecule has 1 aromatic carbocycles. The van der Waals surface area contributed by atoms with E-state index in [1.54, 1.807) is 0 Å². The van der Waals surface area contributed by atoms with E-state index < -0.39 is 5.54 Å². The number of hydrogen-bond acceptors (Lipinski definition) is 2. The van der Waals surface area contributed by atoms with Gasteiger partial charge >= 0.3 is 0 Å². The van der Waals surface area contributed by atoms with Gasteiger partial charge < -0.3 is 10.8 Å². The predicted molar refractivity (Wildman–Crippen MR) is 59.4 cm³/mol. The van der Waals surface area contributed by atoms with Crippen molar-refractivity contribution in [1.82, 2.24) is 0 Å². The van der Waals surface area contributed by atoms with Crippen LogP contribution in [0.1, 0.15) is 24.5 Å². The number of aliphatic hydroxyl groups is 1. The van der Waals surface area contributed by atoms with Crippen molar-refractivity contribution in [3.05, 3.63) is 34.3 Å². The molecule has 0 bridgehead atoms. The number of hydrogen-bond donors (Lipinski definition) is 2. The van der Waals surface area contributed by atoms with Gasteiger partial charge in [0.1, 0.15) is 0 Å². The van der Waals surface area contributed by atoms with Gasteiger partial charge in [0, 0.05) is 17.2 Å². The summed E-state index contributed by atoms with van der Waals surface area (Å²) in [6.07, 6.45) is 0.511. The van der Waals surface area contributed by atoms with Crippen molar-refractivity contribution in [1.29, 1.82) is 0 Å². The lowest BCUT2D eigenvalue weighted by atomic mass is 9.87. The van der Waals surface area contributed by atoms with E-state index in [2.05, 4.69) is 0 Å². The summed E-state index contributed by atoms with van der Waals surface area (Å²) in [7, 11) is 0. The first kappa shape index (κ1) is 11.5. The summed E-state index contributed by atoms with van der Waals surface area (Å²) in [5, 5.41) is 9.59. The molecule has 0 spiro atoms. The fourth-order valence-corrected chi connectivity index (χ4v) is 2.15. The average Bonchev–Trinajstić information content (AvgIpc) is 2.02. The molecule has 0 radical (unpaired) electrons. The summed E-state index contributed by atoms with van der Waals surface area (Å²) < 4.78 is 0. The van der Waals surface area contributed by atoms with Crippen LogP contribution in [0.2, 0.25) is 5.02 Å². The van der Waals surface area contributed by atoms with Crippen molar-refractivity contribution in [3.63, 3.8) is 0 Å². The Hall–Kier alpha value is -0.570. The van der Waals surface area contributed by atoms with Crippen LogP contribution in [0.5, 0.6) is 0 Å². The first-order valence-electron chi connectivity index (χ1n) is 4.64. The quantitative estimate of drug-likeness (QED) is 0.809. The van der Waals surface area contributed by atoms with Gasteiger partial charge in [0.15, 0.2) is 0 Å². The van der Waals surface area contributed by atoms with Crippen molar-refractivity contribution >= 4 is 11.6 Å². The van der Waals surface area contributed by atoms with E-state index in [0.717, 1.165) is 11.1 Å². The van der Waals surface area contributed by atoms with Crippen LogP contribution in [-0.4, -0.2) is 11.7 Å². The largest absolute Gasteiger partial charge is 0.396 e. The maximum absolute atomic E-state index is 8.92. The number of aryl methyl sites for hydroxylation is 1. The average molecular weight is 214 g/mol. The maximum Gasteiger partial charge on any atom is 0.0459 e. The monoisotopic (exact) mass is 213 g/mol. The van der Waals surface area contributed by atoms with Crippen molar-refractivity contribution < 1.29 is 5.11 Å². The molecule has 0 fully saturated rings. The standard InChI is InChI=1S/C11H16ClNO/c1-8-4-3-5-9(12)10(8)11(2,13)6-7-14/h3-5,14H,6-7,13H2,1-2H3/t11-/m0/s1. The zero-order valence-electron chi connectivity index (χ0n) is 8.55. The van der Waals surface area contributed by atoms with E-state index >= 15 is 0 Å². The highest BCUT2D eigenvalue weighted by Crippen LogP contribution is 2.31. The maximum atomic E-state index is 8.92. The molecule has 1 atom stereocenters. The molecule has 78 valence electrons. The molecule has 0 heterocycles. The molecule has 0 aliphatic rings. The molecule has 3 N–H and O–H groups in total. The Morgan fingerprint density at radius 2 is 2.14 bits per heavy atom. The fraction of sp³-hybridized carbons (Fsp3) is 0.455. The van der Waals surface area contributed by atoms with E-state index in [-0.39, 0.29) is 6.61 Å². The molecule has 0 aliphatic carbocycles. The molecule has 0 unspecified atom stereocenters. The van der Waals surface area contributed by atoms with Crippen LogP contribution in [0.4, 0.5) is 0 Å². The third-order valence-electron chi connectivity index (χ3n) is 2.42. The Kier molecular flexibility index (Phi) is 3.53. The second kappa shape index (κ2) is 4.30. The highest BCUT2D eigenvalue weighted by molar-refractivity contribution is 6.31. The lowest BCUT2D eigenvalue weighted by molar-refractivity contribution is 0.247. The fourth-order valence-electron chi connectivity index (χ4n) is 1.71. The Morgan fingerprint density at radius 1 is 1.50 bits per heavy atom. The Balaban J connectivity index is 3.17. The number of nitrogens with two attached hydrogens (primary N) is 1. The molecule has 3 heteroatoms. The van der Waals surface area contributed by atoms with Gasteiger partial charge in [-0.05, 0) is 37.5 Å². The molecular formula is C11H16ClNO. The molecular weight excluding hydrogens is 198 g/mol. The molecule has 1 rings (SSSR count). The van der Waals surface area contributed by atoms with Crippen molar-refractivity contribution in [2.24, 2.45) is 5.73 Å². The molecule has 0 amide bonds. The smallest absolute Gasteiger partial charge is 0.0459 e. The summed E-state index contributed by atoms with van der Waals surface area (Å²) in [5.41, 5.74) is 7.54. The van der Waals surface area contributed by atoms with E-state index in [1.807, 2.05) is 32.0 Å². The normalized spacial score (nSPS) is 15.2. The van der Waals surface area contributed by atoms with Crippen LogP contribution in [-0.2, 0) is 5.54 Å². The second-order valence-electron chi connectivity index (χ2n) is 3.82. The van der Waals surface area contributed by atoms with Crippen molar-refractivity contribution in [3.8, 4) is 0 Å². The Bertz CT molecular complexity index is 303. The first-order valence-corrected chi connectivity index (χ1v) is 5.02. The third-order valence-corrected chi connectivity index (χ3v) is 2.74. The lowest BCUT2D eigenvalue weighted by Crippen LogP contribution is -2.35. The Labute approximate surface area is 89.7 Å². The van der Waals surface area contributed by atoms with Crippen molar-refractivity contribution in [2.75, 3.05) is 6.61 Å². The molecule has 0 saturated heterocycles. The number of halogens is 1. The first-order chi connectivity index (χ1) is 6.49. The molecule has 0 aromatic heterocycles. The van der Waals surface area contributed by atoms with Crippen LogP contribution in [0.15, 0.2) is 18.2 Å². The molecule has 14 heavy (non-hydrogen) atoms. The topological polar surface area (TPSA) is 46.2 Å². The molecule has 2 nitrogen and oxygen atoms in total. The van der Waals surface area contributed by atoms with Gasteiger partial charge in [-0.15, -0.1) is 0 Å². The van der Waals surface area contributed by atoms with Crippen LogP contribution in [0.25, 0.3) is 0 Å². The van der Waals surface area contributed by atoms with Gasteiger partial charge in [-0.2, -0.15) is 0 Å². The van der Waals surface area contributed by atoms with E-state index in [0.29, 0.717) is 11.4 Å². The summed E-state index contributed by atoms with van der Waals surface area (Å²) in [6.45, 7) is 3.93.